The monoisotopic (exact) mass is 213 g/mol. The van der Waals surface area contributed by atoms with E-state index >= 15 is 0 Å². The number of hydrogen-bond acceptors (Lipinski definition) is 2. The van der Waals surface area contributed by atoms with Gasteiger partial charge in [-0.1, -0.05) is 25.3 Å². The fraction of sp³-hybridized carbons (Fsp3) is 0.727. The molecule has 0 radical (unpaired) electrons. The topological polar surface area (TPSA) is 77.0 Å². The van der Waals surface area contributed by atoms with Crippen molar-refractivity contribution >= 4 is 5.91 Å². The first-order valence-electron chi connectivity index (χ1n) is 5.55. The number of rotatable bonds is 6. The quantitative estimate of drug-likeness (QED) is 0.518. The van der Waals surface area contributed by atoms with E-state index in [9.17, 15) is 9.90 Å². The van der Waals surface area contributed by atoms with E-state index in [0.717, 1.165) is 6.42 Å². The van der Waals surface area contributed by atoms with E-state index in [4.69, 9.17) is 0 Å². The molecule has 4 nitrogen and oxygen atoms in total. The minimum Gasteiger partial charge on any atom is -0.378 e. The average Bonchev–Trinajstić information content (AvgIpc) is 2.18. The second kappa shape index (κ2) is 5.88. The normalized spacial score (nSPS) is 20.1. The SMILES string of the molecule is C=CCNC(=O)C(O)C([NH3+])CC1CCC1. The third kappa shape index (κ3) is 3.64. The van der Waals surface area contributed by atoms with Crippen molar-refractivity contribution in [3.8, 4) is 0 Å². The van der Waals surface area contributed by atoms with Gasteiger partial charge in [0.1, 0.15) is 6.04 Å². The van der Waals surface area contributed by atoms with Gasteiger partial charge in [0.05, 0.1) is 0 Å². The molecule has 1 aliphatic carbocycles. The molecule has 86 valence electrons. The van der Waals surface area contributed by atoms with Crippen LogP contribution in [0.15, 0.2) is 12.7 Å². The number of carbonyl (C=O) groups excluding carboxylic acids is 1. The lowest BCUT2D eigenvalue weighted by atomic mass is 9.80. The number of aliphatic hydroxyl groups excluding tert-OH is 1. The zero-order chi connectivity index (χ0) is 11.3. The first-order valence-corrected chi connectivity index (χ1v) is 5.55. The summed E-state index contributed by atoms with van der Waals surface area (Å²) in [5.41, 5.74) is 3.85. The number of carbonyl (C=O) groups is 1. The molecule has 2 atom stereocenters. The highest BCUT2D eigenvalue weighted by atomic mass is 16.3. The van der Waals surface area contributed by atoms with Crippen molar-refractivity contribution in [1.29, 1.82) is 0 Å². The Bertz CT molecular complexity index is 227. The lowest BCUT2D eigenvalue weighted by Gasteiger charge is -2.27. The van der Waals surface area contributed by atoms with Gasteiger partial charge in [-0.05, 0) is 5.92 Å². The van der Waals surface area contributed by atoms with Crippen LogP contribution in [0.1, 0.15) is 25.7 Å². The molecule has 0 saturated heterocycles. The number of hydrogen-bond donors (Lipinski definition) is 3. The van der Waals surface area contributed by atoms with Crippen molar-refractivity contribution in [2.75, 3.05) is 6.54 Å². The van der Waals surface area contributed by atoms with E-state index < -0.39 is 6.10 Å². The third-order valence-corrected chi connectivity index (χ3v) is 3.00. The third-order valence-electron chi connectivity index (χ3n) is 3.00. The molecule has 2 unspecified atom stereocenters. The van der Waals surface area contributed by atoms with Gasteiger partial charge in [-0.25, -0.2) is 0 Å². The standard InChI is InChI=1S/C11H20N2O2/c1-2-6-13-11(15)10(14)9(12)7-8-4-3-5-8/h2,8-10,14H,1,3-7,12H2,(H,13,15)/p+1. The minimum absolute atomic E-state index is 0.194. The predicted octanol–water partition coefficient (Wildman–Crippen LogP) is -0.550. The molecule has 0 aromatic heterocycles. The summed E-state index contributed by atoms with van der Waals surface area (Å²) in [6.45, 7) is 3.89. The van der Waals surface area contributed by atoms with Crippen molar-refractivity contribution in [1.82, 2.24) is 5.32 Å². The van der Waals surface area contributed by atoms with Crippen LogP contribution in [0.25, 0.3) is 0 Å². The van der Waals surface area contributed by atoms with E-state index in [-0.39, 0.29) is 11.9 Å². The molecule has 1 rings (SSSR count). The number of amides is 1. The second-order valence-electron chi connectivity index (χ2n) is 4.27. The lowest BCUT2D eigenvalue weighted by Crippen LogP contribution is -2.69. The van der Waals surface area contributed by atoms with Gasteiger partial charge in [0.25, 0.3) is 5.91 Å². The lowest BCUT2D eigenvalue weighted by molar-refractivity contribution is -0.437. The van der Waals surface area contributed by atoms with Gasteiger partial charge in [0, 0.05) is 13.0 Å². The summed E-state index contributed by atoms with van der Waals surface area (Å²) in [6, 6.07) is -0.194. The zero-order valence-electron chi connectivity index (χ0n) is 9.11. The second-order valence-corrected chi connectivity index (χ2v) is 4.27. The molecule has 0 heterocycles. The summed E-state index contributed by atoms with van der Waals surface area (Å²) in [5.74, 6) is 0.323. The Morgan fingerprint density at radius 2 is 2.33 bits per heavy atom. The molecule has 0 bridgehead atoms. The van der Waals surface area contributed by atoms with Crippen molar-refractivity contribution < 1.29 is 15.6 Å². The molecule has 1 aliphatic rings. The average molecular weight is 213 g/mol. The Morgan fingerprint density at radius 1 is 1.67 bits per heavy atom. The van der Waals surface area contributed by atoms with Gasteiger partial charge in [-0.15, -0.1) is 6.58 Å². The zero-order valence-corrected chi connectivity index (χ0v) is 9.11. The van der Waals surface area contributed by atoms with Crippen LogP contribution in [0.3, 0.4) is 0 Å². The van der Waals surface area contributed by atoms with E-state index in [2.05, 4.69) is 17.6 Å². The smallest absolute Gasteiger partial charge is 0.255 e. The summed E-state index contributed by atoms with van der Waals surface area (Å²) >= 11 is 0. The van der Waals surface area contributed by atoms with Gasteiger partial charge in [-0.3, -0.25) is 4.79 Å². The van der Waals surface area contributed by atoms with Crippen LogP contribution in [-0.2, 0) is 4.79 Å². The van der Waals surface area contributed by atoms with Crippen LogP contribution in [0.2, 0.25) is 0 Å². The summed E-state index contributed by atoms with van der Waals surface area (Å²) in [7, 11) is 0. The first-order chi connectivity index (χ1) is 7.15. The van der Waals surface area contributed by atoms with Crippen LogP contribution in [0, 0.1) is 5.92 Å². The molecular formula is C11H21N2O2+. The summed E-state index contributed by atoms with van der Waals surface area (Å²) in [6.07, 6.45) is 5.17. The maximum absolute atomic E-state index is 11.4. The van der Waals surface area contributed by atoms with Crippen LogP contribution in [-0.4, -0.2) is 29.7 Å². The van der Waals surface area contributed by atoms with Crippen LogP contribution in [0.4, 0.5) is 0 Å². The predicted molar refractivity (Wildman–Crippen MR) is 57.8 cm³/mol. The van der Waals surface area contributed by atoms with Crippen LogP contribution < -0.4 is 11.1 Å². The van der Waals surface area contributed by atoms with Gasteiger partial charge in [0.15, 0.2) is 6.10 Å². The van der Waals surface area contributed by atoms with E-state index in [1.165, 1.54) is 19.3 Å². The Hall–Kier alpha value is -0.870. The van der Waals surface area contributed by atoms with Gasteiger partial charge >= 0.3 is 0 Å². The molecular weight excluding hydrogens is 192 g/mol. The van der Waals surface area contributed by atoms with Crippen molar-refractivity contribution in [2.24, 2.45) is 5.92 Å². The van der Waals surface area contributed by atoms with Gasteiger partial charge in [0.2, 0.25) is 0 Å². The maximum Gasteiger partial charge on any atom is 0.255 e. The van der Waals surface area contributed by atoms with E-state index in [0.29, 0.717) is 12.5 Å². The molecule has 5 N–H and O–H groups in total. The fourth-order valence-electron chi connectivity index (χ4n) is 1.78. The molecule has 0 aliphatic heterocycles. The van der Waals surface area contributed by atoms with Crippen molar-refractivity contribution in [3.63, 3.8) is 0 Å². The van der Waals surface area contributed by atoms with Crippen molar-refractivity contribution in [3.05, 3.63) is 12.7 Å². The Kier molecular flexibility index (Phi) is 4.78. The summed E-state index contributed by atoms with van der Waals surface area (Å²) in [5, 5.41) is 12.2. The molecule has 15 heavy (non-hydrogen) atoms. The molecule has 0 spiro atoms. The largest absolute Gasteiger partial charge is 0.378 e. The molecule has 0 aromatic rings. The molecule has 4 heteroatoms. The Morgan fingerprint density at radius 3 is 2.80 bits per heavy atom. The molecule has 1 saturated carbocycles. The Labute approximate surface area is 90.5 Å². The number of quaternary nitrogens is 1. The molecule has 1 fully saturated rings. The van der Waals surface area contributed by atoms with Crippen LogP contribution in [0.5, 0.6) is 0 Å². The molecule has 1 amide bonds. The Balaban J connectivity index is 2.26. The number of aliphatic hydroxyl groups is 1. The highest BCUT2D eigenvalue weighted by Crippen LogP contribution is 2.30. The number of nitrogens with one attached hydrogen (secondary N) is 1. The maximum atomic E-state index is 11.4. The van der Waals surface area contributed by atoms with Gasteiger partial charge < -0.3 is 16.2 Å². The minimum atomic E-state index is -0.981. The van der Waals surface area contributed by atoms with Gasteiger partial charge in [-0.2, -0.15) is 0 Å². The van der Waals surface area contributed by atoms with Crippen molar-refractivity contribution in [2.45, 2.75) is 37.8 Å². The summed E-state index contributed by atoms with van der Waals surface area (Å²) in [4.78, 5) is 11.4. The summed E-state index contributed by atoms with van der Waals surface area (Å²) < 4.78 is 0. The highest BCUT2D eigenvalue weighted by molar-refractivity contribution is 5.81. The van der Waals surface area contributed by atoms with E-state index in [1.54, 1.807) is 6.08 Å². The fourth-order valence-corrected chi connectivity index (χ4v) is 1.78. The van der Waals surface area contributed by atoms with Crippen LogP contribution >= 0.6 is 0 Å². The molecule has 0 aromatic carbocycles. The highest BCUT2D eigenvalue weighted by Gasteiger charge is 2.30. The first kappa shape index (κ1) is 12.2. The van der Waals surface area contributed by atoms with E-state index in [1.807, 2.05) is 0 Å².